The van der Waals surface area contributed by atoms with Gasteiger partial charge in [0.05, 0.1) is 51.2 Å². The molecular formula is C33H42GdN10O16+3. The van der Waals surface area contributed by atoms with E-state index in [1.54, 1.807) is 12.1 Å². The molecule has 0 spiro atoms. The number of nitrogens with two attached hydrogens (primary N) is 1. The summed E-state index contributed by atoms with van der Waals surface area (Å²) in [6.45, 7) is -2.50. The Balaban J connectivity index is 0.000000601. The summed E-state index contributed by atoms with van der Waals surface area (Å²) in [5.74, 6) is -9.31. The molecule has 60 heavy (non-hydrogen) atoms. The second kappa shape index (κ2) is 26.2. The van der Waals surface area contributed by atoms with Gasteiger partial charge in [0.2, 0.25) is 5.95 Å². The van der Waals surface area contributed by atoms with Crippen LogP contribution < -0.4 is 21.9 Å². The molecule has 0 aliphatic heterocycles. The molecule has 26 nitrogen and oxygen atoms in total. The molecule has 3 aromatic rings. The Labute approximate surface area is 370 Å². The van der Waals surface area contributed by atoms with Crippen LogP contribution in [-0.2, 0) is 40.1 Å². The van der Waals surface area contributed by atoms with E-state index in [4.69, 9.17) is 41.5 Å². The summed E-state index contributed by atoms with van der Waals surface area (Å²) in [6, 6.07) is 4.86. The zero-order chi connectivity index (χ0) is 44.2. The van der Waals surface area contributed by atoms with Crippen molar-refractivity contribution in [3.8, 4) is 0 Å². The Morgan fingerprint density at radius 3 is 1.60 bits per heavy atom. The number of carbonyl (C=O) groups excluding carboxylic acids is 1. The normalized spacial score (nSPS) is 11.2. The zero-order valence-electron chi connectivity index (χ0n) is 31.4. The molecule has 3 rings (SSSR count). The molecule has 1 atom stereocenters. The van der Waals surface area contributed by atoms with Crippen molar-refractivity contribution in [2.45, 2.75) is 25.4 Å². The number of aromatic nitrogens is 4. The first-order valence-electron chi connectivity index (χ1n) is 17.1. The fourth-order valence-electron chi connectivity index (χ4n) is 4.98. The predicted molar refractivity (Wildman–Crippen MR) is 199 cm³/mol. The summed E-state index contributed by atoms with van der Waals surface area (Å²) in [6.07, 6.45) is 0.840. The SMILES string of the molecule is Nc1nc2ncc(CNc3ccc(C(=O)N[C@@H](CCC(=O)O)C(=O)O)cc3)nc2c(=O)[nH]1.O=C(O)CN(CCN(CC(=O)O)CC(=O)O)CCN(CC(=O)O)CC(=O)O.[Gd+3]. The topological polar surface area (TPSA) is 410 Å². The van der Waals surface area contributed by atoms with Gasteiger partial charge in [0.25, 0.3) is 11.5 Å². The van der Waals surface area contributed by atoms with Gasteiger partial charge in [0.15, 0.2) is 11.2 Å². The molecule has 12 N–H and O–H groups in total. The van der Waals surface area contributed by atoms with E-state index in [1.807, 2.05) is 0 Å². The molecule has 1 aromatic carbocycles. The van der Waals surface area contributed by atoms with Crippen molar-refractivity contribution in [1.29, 1.82) is 0 Å². The summed E-state index contributed by atoms with van der Waals surface area (Å²) < 4.78 is 0. The quantitative estimate of drug-likeness (QED) is 0.0410. The van der Waals surface area contributed by atoms with E-state index in [2.05, 4.69) is 30.6 Å². The van der Waals surface area contributed by atoms with Crippen molar-refractivity contribution in [2.75, 3.05) is 70.0 Å². The number of amides is 1. The summed E-state index contributed by atoms with van der Waals surface area (Å²) in [5.41, 5.74) is 6.47. The van der Waals surface area contributed by atoms with Gasteiger partial charge in [0, 0.05) is 43.9 Å². The maximum absolute atomic E-state index is 12.3. The third kappa shape index (κ3) is 20.6. The van der Waals surface area contributed by atoms with E-state index in [0.29, 0.717) is 11.4 Å². The summed E-state index contributed by atoms with van der Waals surface area (Å²) >= 11 is 0. The van der Waals surface area contributed by atoms with Crippen LogP contribution in [-0.4, -0.2) is 183 Å². The van der Waals surface area contributed by atoms with Crippen LogP contribution in [0.2, 0.25) is 0 Å². The van der Waals surface area contributed by atoms with Crippen molar-refractivity contribution < 1.29 is 114 Å². The van der Waals surface area contributed by atoms with E-state index in [9.17, 15) is 43.2 Å². The van der Waals surface area contributed by atoms with Crippen molar-refractivity contribution >= 4 is 70.5 Å². The van der Waals surface area contributed by atoms with Gasteiger partial charge < -0.3 is 52.1 Å². The van der Waals surface area contributed by atoms with Gasteiger partial charge in [-0.1, -0.05) is 0 Å². The number of anilines is 2. The number of nitrogens with zero attached hydrogens (tertiary/aromatic N) is 6. The van der Waals surface area contributed by atoms with E-state index in [0.717, 1.165) is 9.80 Å². The smallest absolute Gasteiger partial charge is 0.481 e. The molecule has 0 unspecified atom stereocenters. The number of fused-ring (bicyclic) bond motifs is 1. The number of aliphatic carboxylic acids is 7. The van der Waals surface area contributed by atoms with Crippen LogP contribution in [0.1, 0.15) is 28.9 Å². The fraction of sp³-hybridized carbons (Fsp3) is 0.394. The number of carboxylic acid groups (broad SMARTS) is 7. The molecule has 0 bridgehead atoms. The number of carboxylic acids is 7. The van der Waals surface area contributed by atoms with Gasteiger partial charge in [-0.3, -0.25) is 58.0 Å². The zero-order valence-corrected chi connectivity index (χ0v) is 33.6. The van der Waals surface area contributed by atoms with Crippen molar-refractivity contribution in [2.24, 2.45) is 0 Å². The van der Waals surface area contributed by atoms with Gasteiger partial charge in [-0.25, -0.2) is 14.8 Å². The average molecular weight is 992 g/mol. The van der Waals surface area contributed by atoms with E-state index >= 15 is 0 Å². The second-order valence-corrected chi connectivity index (χ2v) is 12.4. The van der Waals surface area contributed by atoms with Crippen molar-refractivity contribution in [3.63, 3.8) is 0 Å². The Kier molecular flexibility index (Phi) is 22.7. The van der Waals surface area contributed by atoms with Crippen LogP contribution in [0.15, 0.2) is 35.3 Å². The van der Waals surface area contributed by atoms with Crippen LogP contribution >= 0.6 is 0 Å². The molecule has 1 amide bonds. The first kappa shape index (κ1) is 52.0. The summed E-state index contributed by atoms with van der Waals surface area (Å²) in [5, 5.41) is 67.3. The number of H-pyrrole nitrogens is 1. The maximum atomic E-state index is 12.3. The summed E-state index contributed by atoms with van der Waals surface area (Å²) in [4.78, 5) is 118. The number of rotatable bonds is 25. The molecule has 0 aliphatic carbocycles. The number of carbonyl (C=O) groups is 8. The molecule has 0 saturated heterocycles. The number of nitrogen functional groups attached to an aromatic ring is 1. The minimum absolute atomic E-state index is 0. The van der Waals surface area contributed by atoms with Gasteiger partial charge in [0.1, 0.15) is 6.04 Å². The van der Waals surface area contributed by atoms with Gasteiger partial charge in [-0.05, 0) is 30.7 Å². The Hall–Kier alpha value is -6.00. The maximum Gasteiger partial charge on any atom is 3.00 e. The van der Waals surface area contributed by atoms with Crippen molar-refractivity contribution in [1.82, 2.24) is 40.0 Å². The van der Waals surface area contributed by atoms with Crippen molar-refractivity contribution in [3.05, 3.63) is 52.1 Å². The first-order valence-corrected chi connectivity index (χ1v) is 17.1. The Morgan fingerprint density at radius 1 is 0.683 bits per heavy atom. The molecule has 27 heteroatoms. The molecule has 325 valence electrons. The van der Waals surface area contributed by atoms with E-state index in [-0.39, 0.29) is 108 Å². The second-order valence-electron chi connectivity index (χ2n) is 12.4. The molecule has 0 saturated carbocycles. The Morgan fingerprint density at radius 2 is 1.15 bits per heavy atom. The number of nitrogens with one attached hydrogen (secondary N) is 3. The van der Waals surface area contributed by atoms with Crippen LogP contribution in [0.4, 0.5) is 11.6 Å². The molecule has 0 fully saturated rings. The van der Waals surface area contributed by atoms with E-state index < -0.39 is 92.0 Å². The third-order valence-electron chi connectivity index (χ3n) is 7.62. The van der Waals surface area contributed by atoms with Gasteiger partial charge in [-0.15, -0.1) is 0 Å². The van der Waals surface area contributed by atoms with Crippen LogP contribution in [0.25, 0.3) is 11.2 Å². The molecule has 0 aliphatic rings. The van der Waals surface area contributed by atoms with Gasteiger partial charge >= 0.3 is 81.7 Å². The standard InChI is InChI=1S/C19H19N7O6.C14H23N3O10.Gd/c20-19-25-15-14(17(30)26-19)23-11(8-22-15)7-21-10-3-1-9(2-4-10)16(29)24-12(18(31)32)5-6-13(27)28;18-10(19)5-15(1-3-16(6-11(20)21)7-12(22)23)2-4-17(8-13(24)25)9-14(26)27;/h1-4,8,12,21H,5-7H2,(H,24,29)(H,27,28)(H,31,32)(H3,20,22,25,26,30);1-9H2,(H,18,19)(H,20,21)(H,22,23)(H,24,25)(H,26,27);/q;;+3/t12-;;/m0../s1. The van der Waals surface area contributed by atoms with Crippen LogP contribution in [0.3, 0.4) is 0 Å². The molecule has 2 aromatic heterocycles. The van der Waals surface area contributed by atoms with E-state index in [1.165, 1.54) is 23.2 Å². The minimum Gasteiger partial charge on any atom is -0.481 e. The van der Waals surface area contributed by atoms with Gasteiger partial charge in [-0.2, -0.15) is 4.98 Å². The number of hydrogen-bond acceptors (Lipinski definition) is 17. The summed E-state index contributed by atoms with van der Waals surface area (Å²) in [7, 11) is 0. The Bertz CT molecular complexity index is 1980. The van der Waals surface area contributed by atoms with Crippen LogP contribution in [0.5, 0.6) is 0 Å². The monoisotopic (exact) mass is 992 g/mol. The number of benzene rings is 1. The number of hydrogen-bond donors (Lipinski definition) is 11. The minimum atomic E-state index is -1.31. The average Bonchev–Trinajstić information content (AvgIpc) is 3.12. The molecule has 1 radical (unpaired) electrons. The molecule has 2 heterocycles. The largest absolute Gasteiger partial charge is 3.00 e. The number of aromatic amines is 1. The molecular weight excluding hydrogens is 950 g/mol. The van der Waals surface area contributed by atoms with Crippen LogP contribution in [0, 0.1) is 39.9 Å². The first-order chi connectivity index (χ1) is 27.7. The third-order valence-corrected chi connectivity index (χ3v) is 7.62. The predicted octanol–water partition coefficient (Wildman–Crippen LogP) is -2.73. The fourth-order valence-corrected chi connectivity index (χ4v) is 4.98.